The quantitative estimate of drug-likeness (QED) is 0.814. The van der Waals surface area contributed by atoms with Gasteiger partial charge in [0.1, 0.15) is 0 Å². The van der Waals surface area contributed by atoms with Gasteiger partial charge in [-0.3, -0.25) is 4.90 Å². The van der Waals surface area contributed by atoms with Crippen molar-refractivity contribution in [2.75, 3.05) is 25.9 Å². The number of rotatable bonds is 5. The van der Waals surface area contributed by atoms with Gasteiger partial charge in [-0.1, -0.05) is 13.8 Å². The minimum Gasteiger partial charge on any atom is -0.309 e. The second-order valence-electron chi connectivity index (χ2n) is 6.15. The molecule has 2 nitrogen and oxygen atoms in total. The van der Waals surface area contributed by atoms with Crippen molar-refractivity contribution in [1.29, 1.82) is 0 Å². The summed E-state index contributed by atoms with van der Waals surface area (Å²) >= 11 is 2.09. The highest BCUT2D eigenvalue weighted by Crippen LogP contribution is 2.48. The third-order valence-corrected chi connectivity index (χ3v) is 6.22. The van der Waals surface area contributed by atoms with Crippen LogP contribution in [-0.4, -0.2) is 47.1 Å². The smallest absolute Gasteiger partial charge is 0.0285 e. The lowest BCUT2D eigenvalue weighted by Crippen LogP contribution is -2.63. The van der Waals surface area contributed by atoms with E-state index in [0.717, 1.165) is 6.04 Å². The minimum absolute atomic E-state index is 0.333. The molecule has 1 aliphatic heterocycles. The van der Waals surface area contributed by atoms with Crippen LogP contribution in [0.4, 0.5) is 0 Å². The summed E-state index contributed by atoms with van der Waals surface area (Å²) in [6.07, 6.45) is 7.65. The molecule has 0 aromatic heterocycles. The monoisotopic (exact) mass is 256 g/mol. The van der Waals surface area contributed by atoms with Crippen LogP contribution in [0.25, 0.3) is 0 Å². The molecule has 2 atom stereocenters. The van der Waals surface area contributed by atoms with Crippen molar-refractivity contribution in [1.82, 2.24) is 10.2 Å². The first kappa shape index (κ1) is 13.7. The molecule has 0 radical (unpaired) electrons. The van der Waals surface area contributed by atoms with Gasteiger partial charge in [0.15, 0.2) is 0 Å². The molecule has 2 rings (SSSR count). The number of hydrogen-bond donors (Lipinski definition) is 1. The number of nitrogens with zero attached hydrogens (tertiary/aromatic N) is 1. The highest BCUT2D eigenvalue weighted by molar-refractivity contribution is 8.00. The second-order valence-corrected chi connectivity index (χ2v) is 7.42. The van der Waals surface area contributed by atoms with Crippen molar-refractivity contribution in [3.05, 3.63) is 0 Å². The van der Waals surface area contributed by atoms with Gasteiger partial charge in [-0.2, -0.15) is 11.8 Å². The molecular formula is C14H28N2S. The molecule has 2 unspecified atom stereocenters. The summed E-state index contributed by atoms with van der Waals surface area (Å²) in [7, 11) is 0. The SMILES string of the molecule is CCC1CNC(C)(CC)CN1CC1(SC)CC1. The van der Waals surface area contributed by atoms with Crippen LogP contribution in [0.15, 0.2) is 0 Å². The molecule has 1 aliphatic carbocycles. The summed E-state index contributed by atoms with van der Waals surface area (Å²) in [6, 6.07) is 0.749. The van der Waals surface area contributed by atoms with Gasteiger partial charge in [0.2, 0.25) is 0 Å². The standard InChI is InChI=1S/C14H28N2S/c1-5-12-9-15-13(3,6-2)10-16(12)11-14(17-4)7-8-14/h12,15H,5-11H2,1-4H3. The van der Waals surface area contributed by atoms with Crippen molar-refractivity contribution < 1.29 is 0 Å². The first-order valence-corrected chi connectivity index (χ1v) is 8.33. The van der Waals surface area contributed by atoms with Crippen LogP contribution < -0.4 is 5.32 Å². The molecule has 1 saturated heterocycles. The van der Waals surface area contributed by atoms with E-state index in [0.29, 0.717) is 10.3 Å². The van der Waals surface area contributed by atoms with E-state index in [4.69, 9.17) is 0 Å². The third kappa shape index (κ3) is 2.99. The number of thioether (sulfide) groups is 1. The van der Waals surface area contributed by atoms with Gasteiger partial charge >= 0.3 is 0 Å². The highest BCUT2D eigenvalue weighted by atomic mass is 32.2. The molecule has 0 spiro atoms. The van der Waals surface area contributed by atoms with Gasteiger partial charge in [-0.05, 0) is 38.9 Å². The zero-order valence-corrected chi connectivity index (χ0v) is 12.7. The van der Waals surface area contributed by atoms with Crippen molar-refractivity contribution in [2.45, 2.75) is 62.8 Å². The van der Waals surface area contributed by atoms with Crippen molar-refractivity contribution in [2.24, 2.45) is 0 Å². The highest BCUT2D eigenvalue weighted by Gasteiger charge is 2.46. The van der Waals surface area contributed by atoms with Gasteiger partial charge < -0.3 is 5.32 Å². The van der Waals surface area contributed by atoms with Crippen LogP contribution in [0, 0.1) is 0 Å². The molecule has 0 bridgehead atoms. The van der Waals surface area contributed by atoms with Crippen LogP contribution in [-0.2, 0) is 0 Å². The Morgan fingerprint density at radius 1 is 1.35 bits per heavy atom. The van der Waals surface area contributed by atoms with E-state index in [1.807, 2.05) is 0 Å². The van der Waals surface area contributed by atoms with E-state index in [-0.39, 0.29) is 0 Å². The molecule has 0 aromatic rings. The predicted molar refractivity (Wildman–Crippen MR) is 77.8 cm³/mol. The molecule has 2 fully saturated rings. The average molecular weight is 256 g/mol. The molecule has 2 aliphatic rings. The maximum atomic E-state index is 3.75. The lowest BCUT2D eigenvalue weighted by molar-refractivity contribution is 0.0809. The maximum Gasteiger partial charge on any atom is 0.0285 e. The molecular weight excluding hydrogens is 228 g/mol. The fourth-order valence-corrected chi connectivity index (χ4v) is 3.69. The summed E-state index contributed by atoms with van der Waals surface area (Å²) in [5.74, 6) is 0. The van der Waals surface area contributed by atoms with Crippen molar-refractivity contribution in [3.8, 4) is 0 Å². The Hall–Kier alpha value is 0.270. The van der Waals surface area contributed by atoms with Crippen LogP contribution in [0.2, 0.25) is 0 Å². The molecule has 1 saturated carbocycles. The summed E-state index contributed by atoms with van der Waals surface area (Å²) in [6.45, 7) is 10.7. The molecule has 100 valence electrons. The zero-order valence-electron chi connectivity index (χ0n) is 11.9. The van der Waals surface area contributed by atoms with Gasteiger partial charge in [0.05, 0.1) is 0 Å². The van der Waals surface area contributed by atoms with Gasteiger partial charge in [0, 0.05) is 36.0 Å². The van der Waals surface area contributed by atoms with Crippen LogP contribution in [0.1, 0.15) is 46.5 Å². The molecule has 1 N–H and O–H groups in total. The minimum atomic E-state index is 0.333. The van der Waals surface area contributed by atoms with Gasteiger partial charge in [0.25, 0.3) is 0 Å². The van der Waals surface area contributed by atoms with E-state index in [1.165, 1.54) is 45.3 Å². The first-order valence-electron chi connectivity index (χ1n) is 7.11. The van der Waals surface area contributed by atoms with Gasteiger partial charge in [-0.15, -0.1) is 0 Å². The van der Waals surface area contributed by atoms with Crippen LogP contribution >= 0.6 is 11.8 Å². The lowest BCUT2D eigenvalue weighted by Gasteiger charge is -2.47. The fourth-order valence-electron chi connectivity index (χ4n) is 2.89. The summed E-state index contributed by atoms with van der Waals surface area (Å²) in [4.78, 5) is 2.77. The van der Waals surface area contributed by atoms with Crippen LogP contribution in [0.3, 0.4) is 0 Å². The Morgan fingerprint density at radius 3 is 2.53 bits per heavy atom. The first-order chi connectivity index (χ1) is 8.06. The topological polar surface area (TPSA) is 15.3 Å². The normalized spacial score (nSPS) is 37.1. The van der Waals surface area contributed by atoms with Crippen molar-refractivity contribution >= 4 is 11.8 Å². The molecule has 0 aromatic carbocycles. The van der Waals surface area contributed by atoms with Crippen LogP contribution in [0.5, 0.6) is 0 Å². The predicted octanol–water partition coefficient (Wildman–Crippen LogP) is 2.73. The molecule has 17 heavy (non-hydrogen) atoms. The fraction of sp³-hybridized carbons (Fsp3) is 1.00. The molecule has 3 heteroatoms. The summed E-state index contributed by atoms with van der Waals surface area (Å²) in [5, 5.41) is 3.75. The van der Waals surface area contributed by atoms with Gasteiger partial charge in [-0.25, -0.2) is 0 Å². The van der Waals surface area contributed by atoms with E-state index in [1.54, 1.807) is 0 Å². The Labute approximate surface area is 111 Å². The van der Waals surface area contributed by atoms with E-state index in [9.17, 15) is 0 Å². The lowest BCUT2D eigenvalue weighted by atomic mass is 9.92. The number of hydrogen-bond acceptors (Lipinski definition) is 3. The number of piperazine rings is 1. The zero-order chi connectivity index (χ0) is 12.5. The van der Waals surface area contributed by atoms with E-state index < -0.39 is 0 Å². The molecule has 1 heterocycles. The largest absolute Gasteiger partial charge is 0.309 e. The Balaban J connectivity index is 2.00. The third-order valence-electron chi connectivity index (χ3n) is 4.82. The second kappa shape index (κ2) is 5.10. The number of nitrogens with one attached hydrogen (secondary N) is 1. The summed E-state index contributed by atoms with van der Waals surface area (Å²) < 4.78 is 0.611. The average Bonchev–Trinajstić information content (AvgIpc) is 3.10. The van der Waals surface area contributed by atoms with E-state index >= 15 is 0 Å². The maximum absolute atomic E-state index is 3.75. The van der Waals surface area contributed by atoms with Crippen molar-refractivity contribution in [3.63, 3.8) is 0 Å². The summed E-state index contributed by atoms with van der Waals surface area (Å²) in [5.41, 5.74) is 0.333. The Morgan fingerprint density at radius 2 is 2.06 bits per heavy atom. The Bertz CT molecular complexity index is 263. The Kier molecular flexibility index (Phi) is 4.11. The van der Waals surface area contributed by atoms with E-state index in [2.05, 4.69) is 49.0 Å². The molecule has 0 amide bonds.